The first-order valence-corrected chi connectivity index (χ1v) is 17.2. The van der Waals surface area contributed by atoms with Crippen molar-refractivity contribution in [1.29, 1.82) is 0 Å². The Morgan fingerprint density at radius 2 is 1.61 bits per heavy atom. The molecule has 5 aromatic rings. The van der Waals surface area contributed by atoms with Crippen LogP contribution in [0, 0.1) is 17.4 Å². The van der Waals surface area contributed by atoms with Crippen molar-refractivity contribution in [2.24, 2.45) is 0 Å². The molecular weight excluding hydrogens is 675 g/mol. The first-order chi connectivity index (χ1) is 24.4. The molecule has 7 heteroatoms. The summed E-state index contributed by atoms with van der Waals surface area (Å²) in [5.41, 5.74) is 8.33. The van der Waals surface area contributed by atoms with E-state index in [2.05, 4.69) is 53.1 Å². The molecule has 0 spiro atoms. The summed E-state index contributed by atoms with van der Waals surface area (Å²) in [6, 6.07) is 31.2. The van der Waals surface area contributed by atoms with Crippen LogP contribution in [0.15, 0.2) is 115 Å². The number of aryl methyl sites for hydroxylation is 1. The Bertz CT molecular complexity index is 2450. The monoisotopic (exact) mass is 712 g/mol. The van der Waals surface area contributed by atoms with Crippen LogP contribution in [0.3, 0.4) is 0 Å². The van der Waals surface area contributed by atoms with E-state index >= 15 is 0 Å². The number of ketones is 1. The van der Waals surface area contributed by atoms with E-state index in [-0.39, 0.29) is 24.1 Å². The average Bonchev–Trinajstić information content (AvgIpc) is 3.40. The van der Waals surface area contributed by atoms with E-state index in [0.717, 1.165) is 56.8 Å². The zero-order valence-corrected chi connectivity index (χ0v) is 30.0. The second kappa shape index (κ2) is 15.7. The van der Waals surface area contributed by atoms with E-state index in [4.69, 9.17) is 16.3 Å². The Hall–Kier alpha value is -5.36. The molecule has 0 fully saturated rings. The zero-order valence-electron chi connectivity index (χ0n) is 28.5. The van der Waals surface area contributed by atoms with Crippen molar-refractivity contribution in [3.63, 3.8) is 0 Å². The van der Waals surface area contributed by atoms with Gasteiger partial charge in [0, 0.05) is 39.8 Å². The van der Waals surface area contributed by atoms with E-state index in [0.29, 0.717) is 29.0 Å². The number of nitrogens with one attached hydrogen (secondary N) is 2. The number of carbonyl (C=O) groups is 2. The minimum atomic E-state index is -0.200. The van der Waals surface area contributed by atoms with Gasteiger partial charge in [-0.1, -0.05) is 90.5 Å². The minimum Gasteiger partial charge on any atom is -0.496 e. The van der Waals surface area contributed by atoms with Crippen LogP contribution in [0.5, 0.6) is 5.75 Å². The molecule has 0 unspecified atom stereocenters. The topological polar surface area (TPSA) is 67.4 Å². The van der Waals surface area contributed by atoms with Crippen LogP contribution in [0.1, 0.15) is 55.8 Å². The quantitative estimate of drug-likeness (QED) is 0.179. The fourth-order valence-electron chi connectivity index (χ4n) is 7.01. The molecule has 0 radical (unpaired) electrons. The summed E-state index contributed by atoms with van der Waals surface area (Å²) in [5.74, 6) is 0.207. The third-order valence-electron chi connectivity index (χ3n) is 9.51. The third-order valence-corrected chi connectivity index (χ3v) is 9.84. The van der Waals surface area contributed by atoms with Gasteiger partial charge in [-0.15, -0.1) is 12.4 Å². The summed E-state index contributed by atoms with van der Waals surface area (Å²) in [4.78, 5) is 26.7. The molecule has 3 aliphatic rings. The van der Waals surface area contributed by atoms with Crippen molar-refractivity contribution in [2.75, 3.05) is 17.7 Å². The maximum absolute atomic E-state index is 13.9. The molecule has 8 rings (SSSR count). The summed E-state index contributed by atoms with van der Waals surface area (Å²) in [5, 5.41) is 11.3. The highest BCUT2D eigenvalue weighted by molar-refractivity contribution is 6.30. The van der Waals surface area contributed by atoms with Crippen molar-refractivity contribution >= 4 is 64.8 Å². The number of fused-ring (bicyclic) bond motifs is 5. The average molecular weight is 714 g/mol. The highest BCUT2D eigenvalue weighted by Crippen LogP contribution is 2.30. The van der Waals surface area contributed by atoms with Crippen LogP contribution in [-0.2, 0) is 12.8 Å². The number of Topliss-reactive ketones (excluding diaryl/α,β-unsaturated/α-hetero) is 1. The smallest absolute Gasteiger partial charge is 0.255 e. The highest BCUT2D eigenvalue weighted by Gasteiger charge is 2.23. The van der Waals surface area contributed by atoms with Gasteiger partial charge in [-0.05, 0) is 112 Å². The molecule has 0 atom stereocenters. The van der Waals surface area contributed by atoms with Crippen molar-refractivity contribution in [2.45, 2.75) is 32.6 Å². The molecule has 0 saturated heterocycles. The van der Waals surface area contributed by atoms with Gasteiger partial charge in [-0.3, -0.25) is 9.59 Å². The van der Waals surface area contributed by atoms with Crippen LogP contribution < -0.4 is 25.8 Å². The van der Waals surface area contributed by atoms with Gasteiger partial charge in [-0.25, -0.2) is 0 Å². The number of anilines is 2. The molecule has 0 saturated carbocycles. The van der Waals surface area contributed by atoms with Gasteiger partial charge in [0.25, 0.3) is 5.91 Å². The van der Waals surface area contributed by atoms with E-state index in [9.17, 15) is 9.59 Å². The van der Waals surface area contributed by atoms with E-state index in [1.807, 2.05) is 67.7 Å². The van der Waals surface area contributed by atoms with E-state index in [1.54, 1.807) is 31.4 Å². The molecule has 51 heavy (non-hydrogen) atoms. The molecule has 1 aliphatic heterocycles. The predicted octanol–water partition coefficient (Wildman–Crippen LogP) is 8.96. The van der Waals surface area contributed by atoms with Crippen molar-refractivity contribution in [3.05, 3.63) is 175 Å². The van der Waals surface area contributed by atoms with Gasteiger partial charge in [0.05, 0.1) is 12.7 Å². The molecule has 2 aliphatic carbocycles. The first-order valence-electron chi connectivity index (χ1n) is 16.8. The third kappa shape index (κ3) is 7.27. The molecular formula is C44H38Cl2N2O3. The number of carbonyl (C=O) groups excluding carboxylic acids is 2. The zero-order chi connectivity index (χ0) is 34.6. The highest BCUT2D eigenvalue weighted by atomic mass is 35.5. The maximum Gasteiger partial charge on any atom is 0.255 e. The van der Waals surface area contributed by atoms with Crippen molar-refractivity contribution in [3.8, 4) is 5.75 Å². The van der Waals surface area contributed by atoms with Gasteiger partial charge in [0.15, 0.2) is 5.78 Å². The number of allylic oxidation sites excluding steroid dienone is 2. The normalized spacial score (nSPS) is 13.2. The van der Waals surface area contributed by atoms with E-state index < -0.39 is 0 Å². The number of ether oxygens (including phenoxy) is 1. The van der Waals surface area contributed by atoms with Crippen molar-refractivity contribution in [1.82, 2.24) is 0 Å². The van der Waals surface area contributed by atoms with Crippen LogP contribution in [0.2, 0.25) is 5.02 Å². The Balaban J connectivity index is 0.000000317. The number of benzene rings is 5. The van der Waals surface area contributed by atoms with Crippen molar-refractivity contribution < 1.29 is 14.3 Å². The summed E-state index contributed by atoms with van der Waals surface area (Å²) in [6.45, 7) is 1.90. The van der Waals surface area contributed by atoms with Gasteiger partial charge in [0.2, 0.25) is 0 Å². The van der Waals surface area contributed by atoms with Crippen LogP contribution >= 0.6 is 24.0 Å². The van der Waals surface area contributed by atoms with Gasteiger partial charge in [0.1, 0.15) is 5.75 Å². The standard InChI is InChI=1S/C34H28ClNO3.C10H9N.ClH/c1-20-7-3-4-8-22(20)34(38)36-21-13-14-30(32(19-21)39-2)33(37)29-11-5-9-23-25-17-18-28-24(10-6-12-31(28)35)26(25)15-16-27(23)29;1-2-7-10-9(5-1)6-3-4-8-11-10;/h3-4,6-8,10,12-16,18-19H,5,9,11,17H2,1-2H3,(H,36,38);1-8,11H;1H. The van der Waals surface area contributed by atoms with Gasteiger partial charge >= 0.3 is 0 Å². The molecule has 5 nitrogen and oxygen atoms in total. The number of hydrogen-bond donors (Lipinski definition) is 2. The Kier molecular flexibility index (Phi) is 10.9. The first kappa shape index (κ1) is 35.5. The van der Waals surface area contributed by atoms with E-state index in [1.165, 1.54) is 21.9 Å². The Morgan fingerprint density at radius 1 is 0.804 bits per heavy atom. The summed E-state index contributed by atoms with van der Waals surface area (Å²) in [7, 11) is 1.55. The molecule has 1 heterocycles. The lowest BCUT2D eigenvalue weighted by atomic mass is 9.83. The number of rotatable bonds is 5. The summed E-state index contributed by atoms with van der Waals surface area (Å²) < 4.78 is 5.63. The van der Waals surface area contributed by atoms with Gasteiger partial charge in [-0.2, -0.15) is 0 Å². The minimum absolute atomic E-state index is 0. The number of para-hydroxylation sites is 1. The second-order valence-corrected chi connectivity index (χ2v) is 12.9. The predicted molar refractivity (Wildman–Crippen MR) is 211 cm³/mol. The molecule has 5 aromatic carbocycles. The second-order valence-electron chi connectivity index (χ2n) is 12.5. The van der Waals surface area contributed by atoms with Crippen LogP contribution in [-0.4, -0.2) is 18.8 Å². The lowest BCUT2D eigenvalue weighted by molar-refractivity contribution is 0.102. The molecule has 0 bridgehead atoms. The largest absolute Gasteiger partial charge is 0.496 e. The van der Waals surface area contributed by atoms with Crippen LogP contribution in [0.25, 0.3) is 17.7 Å². The number of hydrogen-bond acceptors (Lipinski definition) is 4. The lowest BCUT2D eigenvalue weighted by Crippen LogP contribution is -2.26. The Morgan fingerprint density at radius 3 is 2.45 bits per heavy atom. The molecule has 256 valence electrons. The number of methoxy groups -OCH3 is 1. The summed E-state index contributed by atoms with van der Waals surface area (Å²) >= 11 is 6.48. The summed E-state index contributed by atoms with van der Waals surface area (Å²) in [6.07, 6.45) is 13.6. The fraction of sp³-hybridized carbons (Fsp3) is 0.136. The number of amides is 1. The van der Waals surface area contributed by atoms with Crippen LogP contribution in [0.4, 0.5) is 11.4 Å². The lowest BCUT2D eigenvalue weighted by Gasteiger charge is -2.21. The number of halogens is 2. The molecule has 2 N–H and O–H groups in total. The molecule has 1 amide bonds. The SMILES string of the molecule is C1=CNc2ccccc2C=C1.COc1cc(NC(=O)c2ccccc2C)ccc1C(=O)C1=c2ccc3c(c2CCC1)CC=c1c(Cl)cccc1=3.Cl. The van der Waals surface area contributed by atoms with Gasteiger partial charge < -0.3 is 15.4 Å². The maximum atomic E-state index is 13.9. The Labute approximate surface area is 308 Å². The molecule has 0 aromatic heterocycles. The fourth-order valence-corrected chi connectivity index (χ4v) is 7.27.